The molecule has 16 heavy (non-hydrogen) atoms. The quantitative estimate of drug-likeness (QED) is 0.786. The van der Waals surface area contributed by atoms with Crippen molar-refractivity contribution in [3.63, 3.8) is 0 Å². The Morgan fingerprint density at radius 1 is 1.44 bits per heavy atom. The molecule has 2 atom stereocenters. The van der Waals surface area contributed by atoms with Crippen molar-refractivity contribution in [2.45, 2.75) is 25.7 Å². The molecule has 1 aliphatic rings. The molecule has 0 bridgehead atoms. The summed E-state index contributed by atoms with van der Waals surface area (Å²) >= 11 is 0. The average molecular weight is 218 g/mol. The zero-order chi connectivity index (χ0) is 11.9. The van der Waals surface area contributed by atoms with Crippen LogP contribution in [0.4, 0.5) is 0 Å². The van der Waals surface area contributed by atoms with Crippen LogP contribution in [0.15, 0.2) is 24.3 Å². The summed E-state index contributed by atoms with van der Waals surface area (Å²) in [6.07, 6.45) is 0.305. The van der Waals surface area contributed by atoms with Crippen molar-refractivity contribution in [1.29, 1.82) is 0 Å². The maximum absolute atomic E-state index is 11.8. The Kier molecular flexibility index (Phi) is 2.34. The van der Waals surface area contributed by atoms with E-state index in [-0.39, 0.29) is 11.7 Å². The number of benzene rings is 1. The molecule has 0 saturated heterocycles. The van der Waals surface area contributed by atoms with Gasteiger partial charge in [-0.2, -0.15) is 0 Å². The summed E-state index contributed by atoms with van der Waals surface area (Å²) in [5.41, 5.74) is 0.251. The van der Waals surface area contributed by atoms with Crippen LogP contribution in [-0.4, -0.2) is 16.9 Å². The second-order valence-corrected chi connectivity index (χ2v) is 4.58. The first-order chi connectivity index (χ1) is 7.48. The van der Waals surface area contributed by atoms with Crippen molar-refractivity contribution in [1.82, 2.24) is 0 Å². The SMILES string of the molecule is CC1CC(=O)c2ccccc2C1(C)C(=O)O. The van der Waals surface area contributed by atoms with Crippen molar-refractivity contribution < 1.29 is 14.7 Å². The fraction of sp³-hybridized carbons (Fsp3) is 0.385. The largest absolute Gasteiger partial charge is 0.481 e. The average Bonchev–Trinajstić information content (AvgIpc) is 2.26. The molecule has 0 spiro atoms. The topological polar surface area (TPSA) is 54.4 Å². The van der Waals surface area contributed by atoms with E-state index in [0.29, 0.717) is 17.5 Å². The summed E-state index contributed by atoms with van der Waals surface area (Å²) in [4.78, 5) is 23.3. The summed E-state index contributed by atoms with van der Waals surface area (Å²) in [6, 6.07) is 7.02. The molecule has 1 aromatic rings. The van der Waals surface area contributed by atoms with Crippen LogP contribution in [0.25, 0.3) is 0 Å². The summed E-state index contributed by atoms with van der Waals surface area (Å²) in [7, 11) is 0. The molecule has 0 heterocycles. The van der Waals surface area contributed by atoms with Crippen LogP contribution in [0, 0.1) is 5.92 Å². The Morgan fingerprint density at radius 2 is 2.06 bits per heavy atom. The second kappa shape index (κ2) is 3.44. The van der Waals surface area contributed by atoms with E-state index in [4.69, 9.17) is 0 Å². The molecule has 0 saturated carbocycles. The van der Waals surface area contributed by atoms with Crippen LogP contribution in [0.1, 0.15) is 36.2 Å². The highest BCUT2D eigenvalue weighted by molar-refractivity contribution is 6.02. The molecule has 3 heteroatoms. The lowest BCUT2D eigenvalue weighted by molar-refractivity contribution is -0.145. The summed E-state index contributed by atoms with van der Waals surface area (Å²) in [5, 5.41) is 9.39. The van der Waals surface area contributed by atoms with Crippen LogP contribution < -0.4 is 0 Å². The first kappa shape index (κ1) is 10.9. The molecule has 1 aromatic carbocycles. The van der Waals surface area contributed by atoms with Gasteiger partial charge in [-0.3, -0.25) is 9.59 Å². The van der Waals surface area contributed by atoms with Gasteiger partial charge in [0.05, 0.1) is 5.41 Å². The lowest BCUT2D eigenvalue weighted by Crippen LogP contribution is -2.44. The van der Waals surface area contributed by atoms with Crippen LogP contribution in [-0.2, 0) is 10.2 Å². The number of fused-ring (bicyclic) bond motifs is 1. The van der Waals surface area contributed by atoms with E-state index in [2.05, 4.69) is 0 Å². The zero-order valence-electron chi connectivity index (χ0n) is 9.36. The minimum Gasteiger partial charge on any atom is -0.481 e. The molecule has 84 valence electrons. The van der Waals surface area contributed by atoms with Crippen molar-refractivity contribution >= 4 is 11.8 Å². The lowest BCUT2D eigenvalue weighted by atomic mass is 9.65. The highest BCUT2D eigenvalue weighted by atomic mass is 16.4. The van der Waals surface area contributed by atoms with E-state index in [1.807, 2.05) is 6.92 Å². The number of carboxylic acids is 1. The van der Waals surface area contributed by atoms with E-state index < -0.39 is 11.4 Å². The number of carboxylic acid groups (broad SMARTS) is 1. The second-order valence-electron chi connectivity index (χ2n) is 4.58. The highest BCUT2D eigenvalue weighted by Crippen LogP contribution is 2.41. The third kappa shape index (κ3) is 1.28. The van der Waals surface area contributed by atoms with Crippen LogP contribution >= 0.6 is 0 Å². The number of aliphatic carboxylic acids is 1. The van der Waals surface area contributed by atoms with Gasteiger partial charge >= 0.3 is 5.97 Å². The maximum Gasteiger partial charge on any atom is 0.314 e. The predicted octanol–water partition coefficient (Wildman–Crippen LogP) is 2.25. The van der Waals surface area contributed by atoms with Gasteiger partial charge in [-0.05, 0) is 18.4 Å². The van der Waals surface area contributed by atoms with Gasteiger partial charge in [0, 0.05) is 12.0 Å². The monoisotopic (exact) mass is 218 g/mol. The van der Waals surface area contributed by atoms with E-state index in [9.17, 15) is 14.7 Å². The highest BCUT2D eigenvalue weighted by Gasteiger charge is 2.46. The minimum atomic E-state index is -0.954. The van der Waals surface area contributed by atoms with Gasteiger partial charge in [0.15, 0.2) is 5.78 Å². The van der Waals surface area contributed by atoms with Gasteiger partial charge < -0.3 is 5.11 Å². The molecular weight excluding hydrogens is 204 g/mol. The fourth-order valence-electron chi connectivity index (χ4n) is 2.36. The smallest absolute Gasteiger partial charge is 0.314 e. The van der Waals surface area contributed by atoms with Gasteiger partial charge in [0.2, 0.25) is 0 Å². The first-order valence-electron chi connectivity index (χ1n) is 5.34. The standard InChI is InChI=1S/C13H14O3/c1-8-7-11(14)9-5-3-4-6-10(9)13(8,2)12(15)16/h3-6,8H,7H2,1-2H3,(H,15,16). The molecule has 1 aliphatic carbocycles. The molecule has 1 N–H and O–H groups in total. The number of ketones is 1. The molecule has 0 aliphatic heterocycles. The maximum atomic E-state index is 11.8. The minimum absolute atomic E-state index is 0.0434. The summed E-state index contributed by atoms with van der Waals surface area (Å²) in [5.74, 6) is -0.992. The molecule has 0 radical (unpaired) electrons. The van der Waals surface area contributed by atoms with Gasteiger partial charge in [0.25, 0.3) is 0 Å². The van der Waals surface area contributed by atoms with Crippen LogP contribution in [0.3, 0.4) is 0 Å². The molecule has 2 rings (SSSR count). The Labute approximate surface area is 94.1 Å². The Hall–Kier alpha value is -1.64. The van der Waals surface area contributed by atoms with E-state index >= 15 is 0 Å². The molecule has 0 fully saturated rings. The summed E-state index contributed by atoms with van der Waals surface area (Å²) < 4.78 is 0. The normalized spacial score (nSPS) is 28.6. The number of hydrogen-bond donors (Lipinski definition) is 1. The van der Waals surface area contributed by atoms with Crippen LogP contribution in [0.2, 0.25) is 0 Å². The van der Waals surface area contributed by atoms with Gasteiger partial charge in [-0.25, -0.2) is 0 Å². The van der Waals surface area contributed by atoms with Crippen molar-refractivity contribution in [3.8, 4) is 0 Å². The lowest BCUT2D eigenvalue weighted by Gasteiger charge is -2.36. The number of rotatable bonds is 1. The van der Waals surface area contributed by atoms with Gasteiger partial charge in [0.1, 0.15) is 0 Å². The number of hydrogen-bond acceptors (Lipinski definition) is 2. The number of carbonyl (C=O) groups is 2. The molecule has 0 aromatic heterocycles. The molecule has 2 unspecified atom stereocenters. The molecular formula is C13H14O3. The predicted molar refractivity (Wildman–Crippen MR) is 59.5 cm³/mol. The third-order valence-corrected chi connectivity index (χ3v) is 3.71. The van der Waals surface area contributed by atoms with Crippen LogP contribution in [0.5, 0.6) is 0 Å². The third-order valence-electron chi connectivity index (χ3n) is 3.71. The fourth-order valence-corrected chi connectivity index (χ4v) is 2.36. The van der Waals surface area contributed by atoms with Gasteiger partial charge in [-0.1, -0.05) is 31.2 Å². The number of Topliss-reactive ketones (excluding diaryl/α,β-unsaturated/α-hetero) is 1. The van der Waals surface area contributed by atoms with E-state index in [1.54, 1.807) is 31.2 Å². The Balaban J connectivity index is 2.69. The Bertz CT molecular complexity index is 464. The Morgan fingerprint density at radius 3 is 2.69 bits per heavy atom. The number of carbonyl (C=O) groups excluding carboxylic acids is 1. The van der Waals surface area contributed by atoms with Gasteiger partial charge in [-0.15, -0.1) is 0 Å². The molecule has 0 amide bonds. The first-order valence-corrected chi connectivity index (χ1v) is 5.34. The summed E-state index contributed by atoms with van der Waals surface area (Å²) in [6.45, 7) is 3.52. The van der Waals surface area contributed by atoms with E-state index in [0.717, 1.165) is 0 Å². The van der Waals surface area contributed by atoms with Crippen molar-refractivity contribution in [2.24, 2.45) is 5.92 Å². The van der Waals surface area contributed by atoms with Crippen molar-refractivity contribution in [3.05, 3.63) is 35.4 Å². The van der Waals surface area contributed by atoms with E-state index in [1.165, 1.54) is 0 Å². The van der Waals surface area contributed by atoms with Crippen molar-refractivity contribution in [2.75, 3.05) is 0 Å². The molecule has 3 nitrogen and oxygen atoms in total. The zero-order valence-corrected chi connectivity index (χ0v) is 9.36.